The number of carbonyl (C=O) groups excluding carboxylic acids is 1. The SMILES string of the molecule is CS(=O)(=O)c1ccc(Cl)c(C(=O)Nc2ccc(CN3CCN(Cc4ccccc4)CC3)cc2)c1. The third-order valence-corrected chi connectivity index (χ3v) is 7.38. The van der Waals surface area contributed by atoms with Crippen LogP contribution in [-0.4, -0.2) is 56.6 Å². The largest absolute Gasteiger partial charge is 0.322 e. The van der Waals surface area contributed by atoms with Gasteiger partial charge in [-0.05, 0) is 41.5 Å². The molecule has 3 aromatic rings. The number of anilines is 1. The summed E-state index contributed by atoms with van der Waals surface area (Å²) in [6, 6.07) is 22.4. The Hall–Kier alpha value is -2.71. The second-order valence-electron chi connectivity index (χ2n) is 8.60. The lowest BCUT2D eigenvalue weighted by molar-refractivity contribution is 0.102. The van der Waals surface area contributed by atoms with Gasteiger partial charge in [0.05, 0.1) is 15.5 Å². The Bertz CT molecular complexity index is 1240. The number of halogens is 1. The highest BCUT2D eigenvalue weighted by molar-refractivity contribution is 7.90. The molecule has 3 aromatic carbocycles. The van der Waals surface area contributed by atoms with Gasteiger partial charge >= 0.3 is 0 Å². The number of benzene rings is 3. The molecule has 1 fully saturated rings. The van der Waals surface area contributed by atoms with Crippen molar-refractivity contribution in [2.75, 3.05) is 37.8 Å². The summed E-state index contributed by atoms with van der Waals surface area (Å²) < 4.78 is 23.6. The molecular weight excluding hydrogens is 470 g/mol. The molecule has 0 bridgehead atoms. The van der Waals surface area contributed by atoms with E-state index in [2.05, 4.69) is 39.4 Å². The van der Waals surface area contributed by atoms with Crippen LogP contribution in [0.3, 0.4) is 0 Å². The highest BCUT2D eigenvalue weighted by Crippen LogP contribution is 2.22. The normalized spacial score (nSPS) is 15.2. The van der Waals surface area contributed by atoms with Crippen LogP contribution in [0.2, 0.25) is 5.02 Å². The average molecular weight is 498 g/mol. The Morgan fingerprint density at radius 2 is 1.41 bits per heavy atom. The first kappa shape index (κ1) is 24.4. The molecule has 1 saturated heterocycles. The van der Waals surface area contributed by atoms with Crippen molar-refractivity contribution in [2.45, 2.75) is 18.0 Å². The fourth-order valence-corrected chi connectivity index (χ4v) is 4.86. The molecule has 0 saturated carbocycles. The number of hydrogen-bond donors (Lipinski definition) is 1. The van der Waals surface area contributed by atoms with Crippen LogP contribution >= 0.6 is 11.6 Å². The third kappa shape index (κ3) is 6.45. The summed E-state index contributed by atoms with van der Waals surface area (Å²) in [5.74, 6) is -0.446. The molecule has 1 N–H and O–H groups in total. The zero-order chi connectivity index (χ0) is 24.1. The van der Waals surface area contributed by atoms with Crippen molar-refractivity contribution in [3.05, 3.63) is 94.5 Å². The molecule has 1 aliphatic rings. The van der Waals surface area contributed by atoms with Gasteiger partial charge in [-0.1, -0.05) is 54.1 Å². The maximum Gasteiger partial charge on any atom is 0.257 e. The Kier molecular flexibility index (Phi) is 7.68. The van der Waals surface area contributed by atoms with E-state index in [0.29, 0.717) is 5.69 Å². The van der Waals surface area contributed by atoms with E-state index >= 15 is 0 Å². The van der Waals surface area contributed by atoms with Gasteiger partial charge in [0.1, 0.15) is 0 Å². The van der Waals surface area contributed by atoms with Gasteiger partial charge in [-0.15, -0.1) is 0 Å². The lowest BCUT2D eigenvalue weighted by atomic mass is 10.1. The van der Waals surface area contributed by atoms with E-state index in [1.807, 2.05) is 30.3 Å². The number of carbonyl (C=O) groups is 1. The average Bonchev–Trinajstić information content (AvgIpc) is 2.82. The van der Waals surface area contributed by atoms with E-state index in [1.165, 1.54) is 29.3 Å². The molecule has 0 spiro atoms. The van der Waals surface area contributed by atoms with Crippen molar-refractivity contribution in [2.24, 2.45) is 0 Å². The zero-order valence-electron chi connectivity index (χ0n) is 19.1. The number of hydrogen-bond acceptors (Lipinski definition) is 5. The predicted molar refractivity (Wildman–Crippen MR) is 136 cm³/mol. The van der Waals surface area contributed by atoms with Gasteiger partial charge in [0.15, 0.2) is 9.84 Å². The van der Waals surface area contributed by atoms with E-state index in [-0.39, 0.29) is 15.5 Å². The molecular formula is C26H28ClN3O3S. The lowest BCUT2D eigenvalue weighted by Crippen LogP contribution is -2.45. The van der Waals surface area contributed by atoms with E-state index in [1.54, 1.807) is 0 Å². The Balaban J connectivity index is 1.30. The monoisotopic (exact) mass is 497 g/mol. The molecule has 34 heavy (non-hydrogen) atoms. The van der Waals surface area contributed by atoms with E-state index < -0.39 is 15.7 Å². The first-order chi connectivity index (χ1) is 16.3. The maximum atomic E-state index is 12.7. The third-order valence-electron chi connectivity index (χ3n) is 5.94. The van der Waals surface area contributed by atoms with Crippen molar-refractivity contribution >= 4 is 33.0 Å². The second-order valence-corrected chi connectivity index (χ2v) is 11.0. The fourth-order valence-electron chi connectivity index (χ4n) is 4.01. The van der Waals surface area contributed by atoms with Crippen LogP contribution in [0.4, 0.5) is 5.69 Å². The Labute approximate surface area is 206 Å². The smallest absolute Gasteiger partial charge is 0.257 e. The first-order valence-electron chi connectivity index (χ1n) is 11.2. The minimum Gasteiger partial charge on any atom is -0.322 e. The quantitative estimate of drug-likeness (QED) is 0.526. The van der Waals surface area contributed by atoms with Crippen molar-refractivity contribution in [1.82, 2.24) is 9.80 Å². The molecule has 8 heteroatoms. The lowest BCUT2D eigenvalue weighted by Gasteiger charge is -2.34. The van der Waals surface area contributed by atoms with Gasteiger partial charge in [-0.3, -0.25) is 14.6 Å². The summed E-state index contributed by atoms with van der Waals surface area (Å²) in [4.78, 5) is 17.6. The minimum absolute atomic E-state index is 0.0567. The Morgan fingerprint density at radius 3 is 1.97 bits per heavy atom. The highest BCUT2D eigenvalue weighted by atomic mass is 35.5. The van der Waals surface area contributed by atoms with Crippen LogP contribution in [0.25, 0.3) is 0 Å². The summed E-state index contributed by atoms with van der Waals surface area (Å²) in [6.45, 7) is 5.95. The molecule has 0 unspecified atom stereocenters. The van der Waals surface area contributed by atoms with E-state index in [4.69, 9.17) is 11.6 Å². The number of piperazine rings is 1. The molecule has 4 rings (SSSR count). The number of nitrogens with zero attached hydrogens (tertiary/aromatic N) is 2. The molecule has 1 aliphatic heterocycles. The summed E-state index contributed by atoms with van der Waals surface area (Å²) in [7, 11) is -3.43. The molecule has 0 atom stereocenters. The van der Waals surface area contributed by atoms with E-state index in [0.717, 1.165) is 45.5 Å². The van der Waals surface area contributed by atoms with Crippen LogP contribution in [0.5, 0.6) is 0 Å². The van der Waals surface area contributed by atoms with E-state index in [9.17, 15) is 13.2 Å². The van der Waals surface area contributed by atoms with Crippen molar-refractivity contribution in [3.8, 4) is 0 Å². The predicted octanol–water partition coefficient (Wildman–Crippen LogP) is 4.31. The van der Waals surface area contributed by atoms with Gasteiger partial charge in [0, 0.05) is 51.2 Å². The first-order valence-corrected chi connectivity index (χ1v) is 13.4. The molecule has 0 aromatic heterocycles. The molecule has 1 heterocycles. The maximum absolute atomic E-state index is 12.7. The summed E-state index contributed by atoms with van der Waals surface area (Å²) in [6.07, 6.45) is 1.10. The van der Waals surface area contributed by atoms with Crippen LogP contribution in [0.1, 0.15) is 21.5 Å². The summed E-state index contributed by atoms with van der Waals surface area (Å²) in [5.41, 5.74) is 3.27. The van der Waals surface area contributed by atoms with Crippen LogP contribution < -0.4 is 5.32 Å². The highest BCUT2D eigenvalue weighted by Gasteiger charge is 2.18. The van der Waals surface area contributed by atoms with Crippen LogP contribution in [0, 0.1) is 0 Å². The van der Waals surface area contributed by atoms with Gasteiger partial charge in [-0.25, -0.2) is 8.42 Å². The number of rotatable bonds is 7. The van der Waals surface area contributed by atoms with Gasteiger partial charge in [0.25, 0.3) is 5.91 Å². The molecule has 178 valence electrons. The topological polar surface area (TPSA) is 69.7 Å². The molecule has 1 amide bonds. The van der Waals surface area contributed by atoms with Crippen molar-refractivity contribution in [1.29, 1.82) is 0 Å². The molecule has 6 nitrogen and oxygen atoms in total. The summed E-state index contributed by atoms with van der Waals surface area (Å²) in [5, 5.41) is 3.00. The van der Waals surface area contributed by atoms with Gasteiger partial charge < -0.3 is 5.32 Å². The van der Waals surface area contributed by atoms with Crippen molar-refractivity contribution in [3.63, 3.8) is 0 Å². The standard InChI is InChI=1S/C26H28ClN3O3S/c1-34(32,33)23-11-12-25(27)24(17-23)26(31)28-22-9-7-21(8-10-22)19-30-15-13-29(14-16-30)18-20-5-3-2-4-6-20/h2-12,17H,13-16,18-19H2,1H3,(H,28,31). The number of sulfone groups is 1. The van der Waals surface area contributed by atoms with Crippen LogP contribution in [-0.2, 0) is 22.9 Å². The van der Waals surface area contributed by atoms with Gasteiger partial charge in [0.2, 0.25) is 0 Å². The Morgan fingerprint density at radius 1 is 0.853 bits per heavy atom. The number of amides is 1. The number of nitrogens with one attached hydrogen (secondary N) is 1. The second kappa shape index (κ2) is 10.7. The zero-order valence-corrected chi connectivity index (χ0v) is 20.6. The molecule has 0 aliphatic carbocycles. The summed E-state index contributed by atoms with van der Waals surface area (Å²) >= 11 is 6.13. The minimum atomic E-state index is -3.43. The molecule has 0 radical (unpaired) electrons. The van der Waals surface area contributed by atoms with Gasteiger partial charge in [-0.2, -0.15) is 0 Å². The van der Waals surface area contributed by atoms with Crippen LogP contribution in [0.15, 0.2) is 77.7 Å². The fraction of sp³-hybridized carbons (Fsp3) is 0.269. The van der Waals surface area contributed by atoms with Crippen molar-refractivity contribution < 1.29 is 13.2 Å².